The highest BCUT2D eigenvalue weighted by atomic mass is 79.9. The number of rotatable bonds is 8. The first-order valence-electron chi connectivity index (χ1n) is 20.6. The predicted octanol–water partition coefficient (Wildman–Crippen LogP) is 14.7. The van der Waals surface area contributed by atoms with Crippen molar-refractivity contribution >= 4 is 60.6 Å². The van der Waals surface area contributed by atoms with Crippen molar-refractivity contribution in [2.24, 2.45) is 4.99 Å². The van der Waals surface area contributed by atoms with Crippen LogP contribution in [0.1, 0.15) is 76.4 Å². The van der Waals surface area contributed by atoms with Crippen molar-refractivity contribution in [2.75, 3.05) is 5.88 Å². The molecule has 61 heavy (non-hydrogen) atoms. The number of fused-ring (bicyclic) bond motifs is 4. The molecule has 0 atom stereocenters. The highest BCUT2D eigenvalue weighted by Gasteiger charge is 2.19. The van der Waals surface area contributed by atoms with Crippen LogP contribution in [0.4, 0.5) is 0 Å². The molecule has 9 rings (SSSR count). The predicted molar refractivity (Wildman–Crippen MR) is 263 cm³/mol. The van der Waals surface area contributed by atoms with Crippen molar-refractivity contribution in [3.05, 3.63) is 224 Å². The van der Waals surface area contributed by atoms with E-state index >= 15 is 0 Å². The quantitative estimate of drug-likeness (QED) is 0.143. The average Bonchev–Trinajstić information content (AvgIpc) is 3.29. The Morgan fingerprint density at radius 1 is 0.590 bits per heavy atom. The number of nitrogens with zero attached hydrogens (tertiary/aromatic N) is 1. The molecule has 7 heteroatoms. The van der Waals surface area contributed by atoms with Crippen LogP contribution in [-0.2, 0) is 35.5 Å². The molecule has 0 N–H and O–H groups in total. The first-order valence-corrected chi connectivity index (χ1v) is 24.7. The largest absolute Gasteiger partial charge is 0.273 e. The van der Waals surface area contributed by atoms with Gasteiger partial charge in [-0.3, -0.25) is 4.99 Å². The van der Waals surface area contributed by atoms with E-state index in [1.165, 1.54) is 64.1 Å². The smallest absolute Gasteiger partial charge is 0.198 e. The molecular weight excluding hydrogens is 871 g/mol. The topological polar surface area (TPSA) is 46.5 Å². The fourth-order valence-corrected chi connectivity index (χ4v) is 10.5. The Bertz CT molecular complexity index is 2790. The van der Waals surface area contributed by atoms with E-state index in [9.17, 15) is 8.42 Å². The molecule has 2 aliphatic heterocycles. The molecule has 0 fully saturated rings. The first kappa shape index (κ1) is 44.1. The zero-order chi connectivity index (χ0) is 42.9. The number of hydrogen-bond donors (Lipinski definition) is 0. The summed E-state index contributed by atoms with van der Waals surface area (Å²) in [5.74, 6) is -0.240. The number of hydrogen-bond acceptors (Lipinski definition) is 5. The molecule has 0 amide bonds. The summed E-state index contributed by atoms with van der Waals surface area (Å²) >= 11 is 7.03. The van der Waals surface area contributed by atoms with E-state index in [0.29, 0.717) is 4.90 Å². The molecule has 0 aromatic heterocycles. The Labute approximate surface area is 379 Å². The minimum atomic E-state index is -3.43. The van der Waals surface area contributed by atoms with E-state index in [-0.39, 0.29) is 5.88 Å². The van der Waals surface area contributed by atoms with Crippen LogP contribution in [0.3, 0.4) is 0 Å². The lowest BCUT2D eigenvalue weighted by Crippen LogP contribution is -2.08. The van der Waals surface area contributed by atoms with Gasteiger partial charge in [-0.1, -0.05) is 163 Å². The maximum atomic E-state index is 12.5. The van der Waals surface area contributed by atoms with Gasteiger partial charge < -0.3 is 0 Å². The van der Waals surface area contributed by atoms with Gasteiger partial charge in [-0.05, 0) is 156 Å². The molecule has 0 saturated heterocycles. The Morgan fingerprint density at radius 2 is 1.05 bits per heavy atom. The summed E-state index contributed by atoms with van der Waals surface area (Å²) < 4.78 is 26.2. The molecule has 3 nitrogen and oxygen atoms in total. The van der Waals surface area contributed by atoms with Crippen LogP contribution in [0.15, 0.2) is 198 Å². The number of halogens is 1. The molecule has 2 heterocycles. The standard InChI is InChI=1S/C23H21NO2S2.C23H20S.C8H9Br/c1-16-7-10-21(11-8-16)28(25,26)15-24-17(2)18-9-12-23-20(13-18)14-19-5-3-4-6-22(19)27-23;1-3-17-8-10-18(11-9-17)16(2)19-12-13-23-21(14-19)15-20-6-4-5-7-22(20)24-23;1-2-7-3-5-8(9)6-4-7/h3-13H,14-15H2,1-2H3;4-14H,2-3,15H2,1H3;3-6H,2H2,1H3. The van der Waals surface area contributed by atoms with Crippen molar-refractivity contribution in [1.29, 1.82) is 0 Å². The summed E-state index contributed by atoms with van der Waals surface area (Å²) in [5.41, 5.74) is 14.4. The number of aryl methyl sites for hydroxylation is 3. The molecule has 0 bridgehead atoms. The average molecular weight is 921 g/mol. The van der Waals surface area contributed by atoms with Gasteiger partial charge in [0.1, 0.15) is 5.88 Å². The van der Waals surface area contributed by atoms with Gasteiger partial charge in [-0.15, -0.1) is 0 Å². The van der Waals surface area contributed by atoms with Gasteiger partial charge in [0.2, 0.25) is 0 Å². The van der Waals surface area contributed by atoms with Gasteiger partial charge in [0.15, 0.2) is 9.84 Å². The molecular formula is C54H50BrNO2S3. The summed E-state index contributed by atoms with van der Waals surface area (Å²) in [7, 11) is -3.43. The van der Waals surface area contributed by atoms with Crippen molar-refractivity contribution in [3.8, 4) is 0 Å². The highest BCUT2D eigenvalue weighted by Crippen LogP contribution is 2.41. The summed E-state index contributed by atoms with van der Waals surface area (Å²) in [4.78, 5) is 10.00. The normalized spacial score (nSPS) is 12.6. The highest BCUT2D eigenvalue weighted by molar-refractivity contribution is 9.10. The summed E-state index contributed by atoms with van der Waals surface area (Å²) in [6.45, 7) is 12.5. The van der Waals surface area contributed by atoms with Gasteiger partial charge in [0.25, 0.3) is 0 Å². The molecule has 0 unspecified atom stereocenters. The Kier molecular flexibility index (Phi) is 14.7. The van der Waals surface area contributed by atoms with Crippen LogP contribution in [0.25, 0.3) is 5.57 Å². The van der Waals surface area contributed by atoms with Crippen LogP contribution in [0, 0.1) is 6.92 Å². The SMILES string of the molecule is C=C(c1ccc(CC)cc1)c1ccc2c(c1)Cc1ccccc1S2.CC(=NCS(=O)(=O)c1ccc(C)cc1)c1ccc2c(c1)Cc1ccccc1S2.CCc1ccc(Br)cc1. The van der Waals surface area contributed by atoms with Crippen molar-refractivity contribution in [2.45, 2.75) is 77.9 Å². The summed E-state index contributed by atoms with van der Waals surface area (Å²) in [5, 5.41) is 0. The molecule has 0 spiro atoms. The second kappa shape index (κ2) is 20.3. The third-order valence-corrected chi connectivity index (χ3v) is 15.4. The minimum absolute atomic E-state index is 0.240. The summed E-state index contributed by atoms with van der Waals surface area (Å²) in [6.07, 6.45) is 4.09. The van der Waals surface area contributed by atoms with Crippen molar-refractivity contribution in [1.82, 2.24) is 0 Å². The van der Waals surface area contributed by atoms with E-state index in [1.807, 2.05) is 43.8 Å². The monoisotopic (exact) mass is 919 g/mol. The van der Waals surface area contributed by atoms with E-state index in [0.717, 1.165) is 52.6 Å². The Morgan fingerprint density at radius 3 is 1.59 bits per heavy atom. The maximum absolute atomic E-state index is 12.5. The lowest BCUT2D eigenvalue weighted by Gasteiger charge is -2.20. The van der Waals surface area contributed by atoms with Crippen LogP contribution in [-0.4, -0.2) is 20.0 Å². The van der Waals surface area contributed by atoms with Crippen LogP contribution in [0.5, 0.6) is 0 Å². The van der Waals surface area contributed by atoms with Gasteiger partial charge in [-0.25, -0.2) is 8.42 Å². The van der Waals surface area contributed by atoms with Crippen LogP contribution in [0.2, 0.25) is 0 Å². The second-order valence-corrected chi connectivity index (χ2v) is 20.3. The van der Waals surface area contributed by atoms with Crippen molar-refractivity contribution in [3.63, 3.8) is 0 Å². The fraction of sp³-hybridized carbons (Fsp3) is 0.167. The lowest BCUT2D eigenvalue weighted by molar-refractivity contribution is 0.596. The number of sulfone groups is 1. The van der Waals surface area contributed by atoms with E-state index in [1.54, 1.807) is 23.9 Å². The number of benzene rings is 7. The maximum Gasteiger partial charge on any atom is 0.198 e. The second-order valence-electron chi connectivity index (χ2n) is 15.2. The van der Waals surface area contributed by atoms with Gasteiger partial charge in [0, 0.05) is 29.8 Å². The molecule has 0 radical (unpaired) electrons. The fourth-order valence-electron chi connectivity index (χ4n) is 7.11. The number of aliphatic imine (C=N–C) groups is 1. The molecule has 7 aromatic carbocycles. The summed E-state index contributed by atoms with van der Waals surface area (Å²) in [6, 6.07) is 54.2. The molecule has 0 saturated carbocycles. The zero-order valence-corrected chi connectivity index (χ0v) is 39.2. The Hall–Kier alpha value is -4.92. The van der Waals surface area contributed by atoms with Gasteiger partial charge in [0.05, 0.1) is 4.90 Å². The molecule has 0 aliphatic carbocycles. The Balaban J connectivity index is 0.000000154. The van der Waals surface area contributed by atoms with E-state index < -0.39 is 9.84 Å². The first-order chi connectivity index (χ1) is 29.5. The molecule has 7 aromatic rings. The minimum Gasteiger partial charge on any atom is -0.273 e. The third kappa shape index (κ3) is 11.3. The van der Waals surface area contributed by atoms with Crippen molar-refractivity contribution < 1.29 is 8.42 Å². The van der Waals surface area contributed by atoms with Gasteiger partial charge in [-0.2, -0.15) is 0 Å². The van der Waals surface area contributed by atoms with Crippen LogP contribution >= 0.6 is 39.5 Å². The van der Waals surface area contributed by atoms with Crippen LogP contribution < -0.4 is 0 Å². The zero-order valence-electron chi connectivity index (χ0n) is 35.1. The van der Waals surface area contributed by atoms with E-state index in [4.69, 9.17) is 0 Å². The van der Waals surface area contributed by atoms with E-state index in [2.05, 4.69) is 169 Å². The third-order valence-electron chi connectivity index (χ3n) is 10.9. The molecule has 2 aliphatic rings. The molecule has 308 valence electrons. The van der Waals surface area contributed by atoms with Gasteiger partial charge >= 0.3 is 0 Å². The lowest BCUT2D eigenvalue weighted by atomic mass is 9.95.